The fourth-order valence-corrected chi connectivity index (χ4v) is 1.50. The van der Waals surface area contributed by atoms with E-state index in [1.165, 1.54) is 0 Å². The van der Waals surface area contributed by atoms with Crippen molar-refractivity contribution in [2.75, 3.05) is 0 Å². The van der Waals surface area contributed by atoms with Gasteiger partial charge in [-0.05, 0) is 19.1 Å². The van der Waals surface area contributed by atoms with E-state index in [1.807, 2.05) is 5.32 Å². The fraction of sp³-hybridized carbons (Fsp3) is 0.364. The summed E-state index contributed by atoms with van der Waals surface area (Å²) in [5.74, 6) is -2.17. The van der Waals surface area contributed by atoms with Gasteiger partial charge in [-0.15, -0.1) is 0 Å². The first-order chi connectivity index (χ1) is 9.10. The van der Waals surface area contributed by atoms with E-state index >= 15 is 0 Å². The predicted molar refractivity (Wildman–Crippen MR) is 60.7 cm³/mol. The molecule has 0 spiro atoms. The first-order valence-corrected chi connectivity index (χ1v) is 5.41. The normalized spacial score (nSPS) is 12.8. The molecule has 0 aliphatic heterocycles. The highest BCUT2D eigenvalue weighted by molar-refractivity contribution is 5.94. The Morgan fingerprint density at radius 1 is 1.45 bits per heavy atom. The molecule has 5 nitrogen and oxygen atoms in total. The number of nitrogens with zero attached hydrogens (tertiary/aromatic N) is 1. The summed E-state index contributed by atoms with van der Waals surface area (Å²) in [6.45, 7) is 1.15. The third-order valence-electron chi connectivity index (χ3n) is 2.32. The van der Waals surface area contributed by atoms with Gasteiger partial charge in [-0.2, -0.15) is 17.6 Å². The van der Waals surface area contributed by atoms with E-state index in [0.29, 0.717) is 6.07 Å². The summed E-state index contributed by atoms with van der Waals surface area (Å²) in [4.78, 5) is 21.0. The van der Waals surface area contributed by atoms with Crippen molar-refractivity contribution < 1.29 is 27.3 Å². The van der Waals surface area contributed by atoms with E-state index in [4.69, 9.17) is 0 Å². The van der Waals surface area contributed by atoms with Crippen LogP contribution in [0.2, 0.25) is 0 Å². The molecule has 0 aliphatic carbocycles. The average molecular weight is 294 g/mol. The number of alkyl halides is 3. The van der Waals surface area contributed by atoms with Crippen molar-refractivity contribution >= 4 is 11.6 Å². The molecule has 1 rings (SSSR count). The molecule has 1 unspecified atom stereocenters. The average Bonchev–Trinajstić information content (AvgIpc) is 2.25. The summed E-state index contributed by atoms with van der Waals surface area (Å²) in [6, 6.07) is 1.16. The van der Waals surface area contributed by atoms with Gasteiger partial charge in [0.05, 0.1) is 11.3 Å². The first kappa shape index (κ1) is 15.9. The van der Waals surface area contributed by atoms with Crippen LogP contribution < -0.4 is 5.32 Å². The summed E-state index contributed by atoms with van der Waals surface area (Å²) in [6.07, 6.45) is -5.67. The Hall–Kier alpha value is -2.19. The van der Waals surface area contributed by atoms with Crippen LogP contribution in [0.1, 0.15) is 23.7 Å². The number of nitro benzene ring substituents is 1. The molecule has 1 amide bonds. The van der Waals surface area contributed by atoms with Gasteiger partial charge >= 0.3 is 11.9 Å². The largest absolute Gasteiger partial charge is 0.391 e. The van der Waals surface area contributed by atoms with E-state index in [1.54, 1.807) is 0 Å². The van der Waals surface area contributed by atoms with Crippen molar-refractivity contribution in [2.24, 2.45) is 0 Å². The van der Waals surface area contributed by atoms with E-state index in [0.717, 1.165) is 19.1 Å². The lowest BCUT2D eigenvalue weighted by Crippen LogP contribution is -2.36. The van der Waals surface area contributed by atoms with Gasteiger partial charge in [-0.3, -0.25) is 14.9 Å². The molecule has 1 aromatic rings. The standard InChI is InChI=1S/C11H10F4N2O3/c1-6(5-11(13,14)15)16-10(18)7-2-3-9(17(19)20)8(12)4-7/h2-4,6H,5H2,1H3,(H,16,18). The number of nitro groups is 1. The molecular weight excluding hydrogens is 284 g/mol. The summed E-state index contributed by atoms with van der Waals surface area (Å²) in [5, 5.41) is 12.4. The van der Waals surface area contributed by atoms with E-state index < -0.39 is 41.0 Å². The van der Waals surface area contributed by atoms with Gasteiger partial charge in [0.25, 0.3) is 5.91 Å². The fourth-order valence-electron chi connectivity index (χ4n) is 1.50. The Morgan fingerprint density at radius 2 is 2.05 bits per heavy atom. The molecular formula is C11H10F4N2O3. The lowest BCUT2D eigenvalue weighted by atomic mass is 10.1. The van der Waals surface area contributed by atoms with Crippen LogP contribution in [-0.4, -0.2) is 23.0 Å². The molecule has 0 saturated carbocycles. The molecule has 1 aromatic carbocycles. The molecule has 0 heterocycles. The van der Waals surface area contributed by atoms with Crippen LogP contribution in [0, 0.1) is 15.9 Å². The second-order valence-corrected chi connectivity index (χ2v) is 4.12. The molecule has 0 radical (unpaired) electrons. The number of hydrogen-bond donors (Lipinski definition) is 1. The monoisotopic (exact) mass is 294 g/mol. The zero-order valence-corrected chi connectivity index (χ0v) is 10.2. The molecule has 110 valence electrons. The van der Waals surface area contributed by atoms with Gasteiger partial charge in [-0.1, -0.05) is 0 Å². The molecule has 0 fully saturated rings. The summed E-state index contributed by atoms with van der Waals surface area (Å²) in [5.41, 5.74) is -1.10. The van der Waals surface area contributed by atoms with Crippen LogP contribution in [0.25, 0.3) is 0 Å². The maximum Gasteiger partial charge on any atom is 0.391 e. The van der Waals surface area contributed by atoms with Crippen LogP contribution in [0.3, 0.4) is 0 Å². The van der Waals surface area contributed by atoms with Gasteiger partial charge in [0.2, 0.25) is 5.82 Å². The molecule has 0 bridgehead atoms. The minimum atomic E-state index is -4.44. The highest BCUT2D eigenvalue weighted by Crippen LogP contribution is 2.22. The van der Waals surface area contributed by atoms with E-state index in [2.05, 4.69) is 0 Å². The topological polar surface area (TPSA) is 72.2 Å². The van der Waals surface area contributed by atoms with Gasteiger partial charge < -0.3 is 5.32 Å². The van der Waals surface area contributed by atoms with Crippen LogP contribution in [0.5, 0.6) is 0 Å². The Labute approximate surface area is 110 Å². The van der Waals surface area contributed by atoms with Crippen molar-refractivity contribution in [3.63, 3.8) is 0 Å². The minimum absolute atomic E-state index is 0.290. The highest BCUT2D eigenvalue weighted by atomic mass is 19.4. The second kappa shape index (κ2) is 5.85. The number of halogens is 4. The number of hydrogen-bond acceptors (Lipinski definition) is 3. The molecule has 0 aliphatic rings. The van der Waals surface area contributed by atoms with Crippen molar-refractivity contribution in [3.05, 3.63) is 39.7 Å². The van der Waals surface area contributed by atoms with E-state index in [9.17, 15) is 32.5 Å². The van der Waals surface area contributed by atoms with Crippen LogP contribution in [-0.2, 0) is 0 Å². The van der Waals surface area contributed by atoms with Crippen molar-refractivity contribution in [1.82, 2.24) is 5.32 Å². The Morgan fingerprint density at radius 3 is 2.50 bits per heavy atom. The zero-order chi connectivity index (χ0) is 15.5. The summed E-state index contributed by atoms with van der Waals surface area (Å²) >= 11 is 0. The second-order valence-electron chi connectivity index (χ2n) is 4.12. The highest BCUT2D eigenvalue weighted by Gasteiger charge is 2.30. The number of rotatable bonds is 4. The zero-order valence-electron chi connectivity index (χ0n) is 10.2. The third kappa shape index (κ3) is 4.48. The quantitative estimate of drug-likeness (QED) is 0.527. The number of nitrogens with one attached hydrogen (secondary N) is 1. The van der Waals surface area contributed by atoms with E-state index in [-0.39, 0.29) is 5.56 Å². The van der Waals surface area contributed by atoms with Crippen LogP contribution in [0.4, 0.5) is 23.2 Å². The van der Waals surface area contributed by atoms with Crippen molar-refractivity contribution in [2.45, 2.75) is 25.6 Å². The Bertz CT molecular complexity index is 531. The molecule has 20 heavy (non-hydrogen) atoms. The van der Waals surface area contributed by atoms with Crippen molar-refractivity contribution in [3.8, 4) is 0 Å². The lowest BCUT2D eigenvalue weighted by molar-refractivity contribution is -0.387. The Kier molecular flexibility index (Phi) is 4.64. The predicted octanol–water partition coefficient (Wildman–Crippen LogP) is 2.80. The van der Waals surface area contributed by atoms with Gasteiger partial charge in [0.15, 0.2) is 0 Å². The SMILES string of the molecule is CC(CC(F)(F)F)NC(=O)c1ccc([N+](=O)[O-])c(F)c1. The molecule has 1 N–H and O–H groups in total. The number of carbonyl (C=O) groups excluding carboxylic acids is 1. The number of carbonyl (C=O) groups is 1. The molecule has 9 heteroatoms. The molecule has 0 aromatic heterocycles. The summed E-state index contributed by atoms with van der Waals surface area (Å²) in [7, 11) is 0. The van der Waals surface area contributed by atoms with Gasteiger partial charge in [0, 0.05) is 17.7 Å². The lowest BCUT2D eigenvalue weighted by Gasteiger charge is -2.15. The Balaban J connectivity index is 2.78. The molecule has 0 saturated heterocycles. The smallest absolute Gasteiger partial charge is 0.349 e. The van der Waals surface area contributed by atoms with Gasteiger partial charge in [-0.25, -0.2) is 0 Å². The maximum absolute atomic E-state index is 13.3. The van der Waals surface area contributed by atoms with Gasteiger partial charge in [0.1, 0.15) is 0 Å². The number of benzene rings is 1. The van der Waals surface area contributed by atoms with Crippen LogP contribution >= 0.6 is 0 Å². The van der Waals surface area contributed by atoms with Crippen molar-refractivity contribution in [1.29, 1.82) is 0 Å². The minimum Gasteiger partial charge on any atom is -0.349 e. The number of amides is 1. The maximum atomic E-state index is 13.3. The van der Waals surface area contributed by atoms with Crippen LogP contribution in [0.15, 0.2) is 18.2 Å². The first-order valence-electron chi connectivity index (χ1n) is 5.41. The third-order valence-corrected chi connectivity index (χ3v) is 2.32. The molecule has 1 atom stereocenters. The summed E-state index contributed by atoms with van der Waals surface area (Å²) < 4.78 is 49.5.